The molecule has 0 saturated heterocycles. The van der Waals surface area contributed by atoms with E-state index in [9.17, 15) is 4.79 Å². The second kappa shape index (κ2) is 54.2. The van der Waals surface area contributed by atoms with Gasteiger partial charge in [0.05, 0.1) is 32.1 Å². The van der Waals surface area contributed by atoms with Gasteiger partial charge in [-0.05, 0) is 56.2 Å². The van der Waals surface area contributed by atoms with Crippen LogP contribution in [-0.4, -0.2) is 45.9 Å². The highest BCUT2D eigenvalue weighted by atomic mass is 16.5. The van der Waals surface area contributed by atoms with Gasteiger partial charge >= 0.3 is 5.97 Å². The van der Waals surface area contributed by atoms with Crippen LogP contribution in [0.25, 0.3) is 0 Å². The highest BCUT2D eigenvalue weighted by Crippen LogP contribution is 2.40. The number of unbranched alkanes of at least 4 members (excludes halogenated alkanes) is 46. The van der Waals surface area contributed by atoms with Crippen molar-refractivity contribution in [2.75, 3.05) is 19.8 Å². The van der Waals surface area contributed by atoms with Gasteiger partial charge in [0.1, 0.15) is 0 Å². The fraction of sp³-hybridized carbons (Fsp3) is 0.868. The second-order valence-corrected chi connectivity index (χ2v) is 23.4. The first-order valence-electron chi connectivity index (χ1n) is 33.7. The number of carbonyl (C=O) groups is 1. The van der Waals surface area contributed by atoms with Crippen LogP contribution in [0, 0.1) is 0 Å². The van der Waals surface area contributed by atoms with Crippen LogP contribution in [0.2, 0.25) is 0 Å². The van der Waals surface area contributed by atoms with E-state index >= 15 is 0 Å². The number of carboxylic acid groups (broad SMARTS) is 1. The molecule has 0 atom stereocenters. The molecule has 0 saturated carbocycles. The van der Waals surface area contributed by atoms with Crippen molar-refractivity contribution in [2.24, 2.45) is 0 Å². The summed E-state index contributed by atoms with van der Waals surface area (Å²) in [4.78, 5) is 11.1. The van der Waals surface area contributed by atoms with Crippen molar-refractivity contribution < 1.29 is 24.1 Å². The predicted molar refractivity (Wildman–Crippen MR) is 326 cm³/mol. The van der Waals surface area contributed by atoms with E-state index in [1.807, 2.05) is 10.9 Å². The van der Waals surface area contributed by atoms with E-state index < -0.39 is 5.97 Å². The number of rotatable bonds is 61. The number of carboxylic acids is 1. The van der Waals surface area contributed by atoms with Gasteiger partial charge in [0.2, 0.25) is 5.75 Å². The molecule has 76 heavy (non-hydrogen) atoms. The lowest BCUT2D eigenvalue weighted by molar-refractivity contribution is -0.137. The average Bonchev–Trinajstić information content (AvgIpc) is 3.87. The molecule has 0 unspecified atom stereocenters. The van der Waals surface area contributed by atoms with Crippen molar-refractivity contribution >= 4 is 5.97 Å². The van der Waals surface area contributed by atoms with Crippen molar-refractivity contribution in [2.45, 2.75) is 361 Å². The van der Waals surface area contributed by atoms with E-state index in [0.717, 1.165) is 60.6 Å². The molecule has 2 aromatic rings. The van der Waals surface area contributed by atoms with Gasteiger partial charge in [-0.25, -0.2) is 4.68 Å². The highest BCUT2D eigenvalue weighted by Gasteiger charge is 2.17. The molecule has 0 fully saturated rings. The molecular weight excluding hydrogens is 939 g/mol. The van der Waals surface area contributed by atoms with Crippen LogP contribution >= 0.6 is 0 Å². The minimum Gasteiger partial charge on any atom is -0.490 e. The Morgan fingerprint density at radius 2 is 0.684 bits per heavy atom. The minimum atomic E-state index is -0.748. The zero-order chi connectivity index (χ0) is 54.3. The van der Waals surface area contributed by atoms with Crippen molar-refractivity contribution in [1.29, 1.82) is 0 Å². The molecule has 0 bridgehead atoms. The van der Waals surface area contributed by atoms with Crippen LogP contribution < -0.4 is 14.2 Å². The first-order chi connectivity index (χ1) is 37.6. The van der Waals surface area contributed by atoms with Gasteiger partial charge in [-0.2, -0.15) is 0 Å². The van der Waals surface area contributed by atoms with E-state index in [-0.39, 0.29) is 6.42 Å². The molecule has 0 aliphatic carbocycles. The molecule has 1 N–H and O–H groups in total. The fourth-order valence-corrected chi connectivity index (χ4v) is 10.9. The number of hydrogen-bond acceptors (Lipinski definition) is 6. The molecule has 0 aliphatic rings. The number of hydrogen-bond donors (Lipinski definition) is 1. The highest BCUT2D eigenvalue weighted by molar-refractivity contribution is 5.66. The Labute approximate surface area is 470 Å². The lowest BCUT2D eigenvalue weighted by Crippen LogP contribution is -2.08. The number of aromatic nitrogens is 3. The van der Waals surface area contributed by atoms with Crippen LogP contribution in [0.3, 0.4) is 0 Å². The van der Waals surface area contributed by atoms with Crippen molar-refractivity contribution in [1.82, 2.24) is 15.0 Å². The molecule has 1 heterocycles. The van der Waals surface area contributed by atoms with Gasteiger partial charge in [-0.3, -0.25) is 4.79 Å². The van der Waals surface area contributed by atoms with Crippen LogP contribution in [-0.2, 0) is 17.8 Å². The number of nitrogens with zero attached hydrogens (tertiary/aromatic N) is 3. The predicted octanol–water partition coefficient (Wildman–Crippen LogP) is 22.0. The van der Waals surface area contributed by atoms with Gasteiger partial charge in [0, 0.05) is 12.6 Å². The smallest absolute Gasteiger partial charge is 0.303 e. The minimum absolute atomic E-state index is 0.187. The molecule has 0 amide bonds. The Morgan fingerprint density at radius 3 is 0.987 bits per heavy atom. The third kappa shape index (κ3) is 43.2. The Bertz CT molecular complexity index is 1470. The molecular formula is C68H125N3O5. The number of benzene rings is 1. The number of ether oxygens (including phenoxy) is 3. The van der Waals surface area contributed by atoms with Gasteiger partial charge in [0.15, 0.2) is 11.5 Å². The van der Waals surface area contributed by atoms with E-state index in [2.05, 4.69) is 43.2 Å². The maximum absolute atomic E-state index is 11.1. The topological polar surface area (TPSA) is 95.7 Å². The lowest BCUT2D eigenvalue weighted by atomic mass is 10.0. The van der Waals surface area contributed by atoms with Crippen LogP contribution in [0.1, 0.15) is 359 Å². The fourth-order valence-electron chi connectivity index (χ4n) is 10.9. The maximum atomic E-state index is 11.1. The van der Waals surface area contributed by atoms with Gasteiger partial charge < -0.3 is 19.3 Å². The molecule has 1 aromatic carbocycles. The Kier molecular flexibility index (Phi) is 49.4. The third-order valence-electron chi connectivity index (χ3n) is 15.8. The summed E-state index contributed by atoms with van der Waals surface area (Å²) in [5, 5.41) is 18.0. The Morgan fingerprint density at radius 1 is 0.395 bits per heavy atom. The second-order valence-electron chi connectivity index (χ2n) is 23.4. The SMILES string of the molecule is CCCCCCCCCCCCCCCCCCOc1cc(Cn2cc(CCCCC(=O)O)nn2)cc(OCCCCCCCCCCCCCCCCCC)c1OCCCCCCCCCCCCCCCCCC. The van der Waals surface area contributed by atoms with Crippen molar-refractivity contribution in [3.05, 3.63) is 29.6 Å². The summed E-state index contributed by atoms with van der Waals surface area (Å²) >= 11 is 0. The first kappa shape index (κ1) is 69.3. The van der Waals surface area contributed by atoms with Crippen LogP contribution in [0.15, 0.2) is 18.3 Å². The quantitative estimate of drug-likeness (QED) is 0.0659. The Balaban J connectivity index is 1.94. The van der Waals surface area contributed by atoms with Crippen LogP contribution in [0.4, 0.5) is 0 Å². The van der Waals surface area contributed by atoms with Gasteiger partial charge in [-0.1, -0.05) is 315 Å². The first-order valence-corrected chi connectivity index (χ1v) is 33.7. The van der Waals surface area contributed by atoms with E-state index in [1.165, 1.54) is 289 Å². The van der Waals surface area contributed by atoms with E-state index in [0.29, 0.717) is 32.8 Å². The summed E-state index contributed by atoms with van der Waals surface area (Å²) in [5.41, 5.74) is 1.95. The summed E-state index contributed by atoms with van der Waals surface area (Å²) in [6, 6.07) is 4.29. The lowest BCUT2D eigenvalue weighted by Gasteiger charge is -2.19. The summed E-state index contributed by atoms with van der Waals surface area (Å²) in [6.07, 6.45) is 69.2. The standard InChI is InChI=1S/C68H125N3O5/c1-4-7-10-13-16-19-22-25-28-31-34-37-40-43-46-51-56-74-65-59-63(61-71-62-64(69-70-71)54-49-50-55-67(72)73)60-66(75-57-52-47-44-41-38-35-32-29-26-23-20-17-14-11-8-5-2)68(65)76-58-53-48-45-42-39-36-33-30-27-24-21-18-15-12-9-6-3/h59-60,62H,4-58,61H2,1-3H3,(H,72,73). The summed E-state index contributed by atoms with van der Waals surface area (Å²) in [7, 11) is 0. The largest absolute Gasteiger partial charge is 0.490 e. The van der Waals surface area contributed by atoms with Gasteiger partial charge in [-0.15, -0.1) is 5.10 Å². The molecule has 8 heteroatoms. The third-order valence-corrected chi connectivity index (χ3v) is 15.8. The summed E-state index contributed by atoms with van der Waals surface area (Å²) in [5.74, 6) is 1.58. The zero-order valence-corrected chi connectivity index (χ0v) is 50.8. The summed E-state index contributed by atoms with van der Waals surface area (Å²) in [6.45, 7) is 9.44. The molecule has 0 spiro atoms. The summed E-state index contributed by atoms with van der Waals surface area (Å²) < 4.78 is 22.0. The van der Waals surface area contributed by atoms with Crippen molar-refractivity contribution in [3.63, 3.8) is 0 Å². The van der Waals surface area contributed by atoms with E-state index in [1.54, 1.807) is 0 Å². The number of aryl methyl sites for hydroxylation is 1. The zero-order valence-electron chi connectivity index (χ0n) is 50.8. The molecule has 8 nitrogen and oxygen atoms in total. The van der Waals surface area contributed by atoms with E-state index in [4.69, 9.17) is 19.3 Å². The van der Waals surface area contributed by atoms with Gasteiger partial charge in [0.25, 0.3) is 0 Å². The monoisotopic (exact) mass is 1060 g/mol. The van der Waals surface area contributed by atoms with Crippen molar-refractivity contribution in [3.8, 4) is 17.2 Å². The molecule has 0 radical (unpaired) electrons. The molecule has 442 valence electrons. The van der Waals surface area contributed by atoms with Crippen LogP contribution in [0.5, 0.6) is 17.2 Å². The number of aliphatic carboxylic acids is 1. The average molecular weight is 1060 g/mol. The maximum Gasteiger partial charge on any atom is 0.303 e. The molecule has 1 aromatic heterocycles. The normalized spacial score (nSPS) is 11.5. The molecule has 2 rings (SSSR count). The Hall–Kier alpha value is -2.77. The molecule has 0 aliphatic heterocycles.